The van der Waals surface area contributed by atoms with E-state index in [2.05, 4.69) is 18.6 Å². The van der Waals surface area contributed by atoms with Crippen molar-refractivity contribution in [3.05, 3.63) is 72.3 Å². The van der Waals surface area contributed by atoms with Gasteiger partial charge in [-0.1, -0.05) is 56.3 Å². The lowest BCUT2D eigenvalue weighted by Gasteiger charge is -2.12. The van der Waals surface area contributed by atoms with E-state index in [1.54, 1.807) is 12.1 Å². The summed E-state index contributed by atoms with van der Waals surface area (Å²) in [5.74, 6) is 0.469. The van der Waals surface area contributed by atoms with Crippen LogP contribution in [0.3, 0.4) is 0 Å². The molecule has 0 saturated heterocycles. The Morgan fingerprint density at radius 3 is 2.25 bits per heavy atom. The van der Waals surface area contributed by atoms with Crippen molar-refractivity contribution in [1.82, 2.24) is 0 Å². The molecule has 0 aliphatic rings. The van der Waals surface area contributed by atoms with Crippen LogP contribution in [0, 0.1) is 0 Å². The van der Waals surface area contributed by atoms with Crippen molar-refractivity contribution in [3.63, 3.8) is 0 Å². The van der Waals surface area contributed by atoms with Crippen LogP contribution < -0.4 is 4.72 Å². The fraction of sp³-hybridized carbons (Fsp3) is 0.200. The summed E-state index contributed by atoms with van der Waals surface area (Å²) in [6.45, 7) is 4.30. The van der Waals surface area contributed by atoms with Crippen molar-refractivity contribution in [1.29, 1.82) is 0 Å². The third kappa shape index (κ3) is 3.44. The van der Waals surface area contributed by atoms with Gasteiger partial charge in [0.1, 0.15) is 0 Å². The highest BCUT2D eigenvalue weighted by Gasteiger charge is 2.15. The lowest BCUT2D eigenvalue weighted by Crippen LogP contribution is -2.12. The van der Waals surface area contributed by atoms with E-state index < -0.39 is 10.0 Å². The Hall–Kier alpha value is -2.33. The molecule has 3 aromatic carbocycles. The second-order valence-corrected chi connectivity index (χ2v) is 7.73. The topological polar surface area (TPSA) is 46.2 Å². The highest BCUT2D eigenvalue weighted by atomic mass is 32.2. The first-order chi connectivity index (χ1) is 11.5. The summed E-state index contributed by atoms with van der Waals surface area (Å²) in [6, 6.07) is 20.5. The molecule has 0 heterocycles. The zero-order valence-corrected chi connectivity index (χ0v) is 14.7. The van der Waals surface area contributed by atoms with E-state index in [4.69, 9.17) is 0 Å². The largest absolute Gasteiger partial charge is 0.280 e. The fourth-order valence-corrected chi connectivity index (χ4v) is 3.76. The van der Waals surface area contributed by atoms with Crippen LogP contribution in [0.2, 0.25) is 0 Å². The second-order valence-electron chi connectivity index (χ2n) is 6.05. The van der Waals surface area contributed by atoms with Gasteiger partial charge in [0.15, 0.2) is 0 Å². The normalized spacial score (nSPS) is 12.9. The van der Waals surface area contributed by atoms with Crippen LogP contribution in [0.4, 0.5) is 5.69 Å². The maximum absolute atomic E-state index is 12.6. The predicted octanol–water partition coefficient (Wildman–Crippen LogP) is 5.15. The van der Waals surface area contributed by atoms with E-state index in [1.165, 1.54) is 5.56 Å². The van der Waals surface area contributed by atoms with Crippen molar-refractivity contribution < 1.29 is 8.42 Å². The van der Waals surface area contributed by atoms with E-state index in [1.807, 2.05) is 54.6 Å². The summed E-state index contributed by atoms with van der Waals surface area (Å²) in [5, 5.41) is 1.93. The third-order valence-corrected chi connectivity index (χ3v) is 5.75. The molecule has 0 saturated carbocycles. The van der Waals surface area contributed by atoms with E-state index in [-0.39, 0.29) is 4.90 Å². The molecule has 3 rings (SSSR count). The van der Waals surface area contributed by atoms with Crippen molar-refractivity contribution in [2.24, 2.45) is 0 Å². The molecule has 0 aliphatic heterocycles. The Morgan fingerprint density at radius 2 is 1.58 bits per heavy atom. The zero-order chi connectivity index (χ0) is 17.2. The minimum absolute atomic E-state index is 0.271. The average Bonchev–Trinajstić information content (AvgIpc) is 2.61. The number of fused-ring (bicyclic) bond motifs is 1. The van der Waals surface area contributed by atoms with Crippen molar-refractivity contribution in [3.8, 4) is 0 Å². The van der Waals surface area contributed by atoms with Crippen molar-refractivity contribution in [2.45, 2.75) is 31.1 Å². The number of hydrogen-bond acceptors (Lipinski definition) is 2. The van der Waals surface area contributed by atoms with Gasteiger partial charge in [-0.05, 0) is 52.9 Å². The monoisotopic (exact) mass is 339 g/mol. The first-order valence-corrected chi connectivity index (χ1v) is 9.59. The van der Waals surface area contributed by atoms with E-state index in [0.717, 1.165) is 17.2 Å². The number of anilines is 1. The first kappa shape index (κ1) is 16.5. The molecule has 0 bridgehead atoms. The summed E-state index contributed by atoms with van der Waals surface area (Å²) in [6.07, 6.45) is 1.06. The quantitative estimate of drug-likeness (QED) is 0.698. The summed E-state index contributed by atoms with van der Waals surface area (Å²) in [4.78, 5) is 0.271. The van der Waals surface area contributed by atoms with Gasteiger partial charge < -0.3 is 0 Å². The van der Waals surface area contributed by atoms with Gasteiger partial charge in [0, 0.05) is 5.69 Å². The van der Waals surface area contributed by atoms with Gasteiger partial charge in [-0.25, -0.2) is 8.42 Å². The standard InChI is InChI=1S/C20H21NO2S/c1-3-15(2)16-8-11-19(12-9-16)21-24(22,23)20-13-10-17-6-4-5-7-18(17)14-20/h4-15,21H,3H2,1-2H3/t15-/m0/s1. The smallest absolute Gasteiger partial charge is 0.261 e. The number of rotatable bonds is 5. The van der Waals surface area contributed by atoms with Gasteiger partial charge in [-0.3, -0.25) is 4.72 Å². The third-order valence-electron chi connectivity index (χ3n) is 4.38. The highest BCUT2D eigenvalue weighted by molar-refractivity contribution is 7.92. The zero-order valence-electron chi connectivity index (χ0n) is 13.9. The Morgan fingerprint density at radius 1 is 0.917 bits per heavy atom. The molecule has 0 aliphatic carbocycles. The van der Waals surface area contributed by atoms with Crippen LogP contribution in [0.25, 0.3) is 10.8 Å². The highest BCUT2D eigenvalue weighted by Crippen LogP contribution is 2.24. The minimum atomic E-state index is -3.59. The Kier molecular flexibility index (Phi) is 4.58. The van der Waals surface area contributed by atoms with Crippen molar-refractivity contribution >= 4 is 26.5 Å². The van der Waals surface area contributed by atoms with E-state index in [9.17, 15) is 8.42 Å². The average molecular weight is 339 g/mol. The van der Waals surface area contributed by atoms with Crippen molar-refractivity contribution in [2.75, 3.05) is 4.72 Å². The van der Waals surface area contributed by atoms with Gasteiger partial charge in [0.05, 0.1) is 4.90 Å². The lowest BCUT2D eigenvalue weighted by molar-refractivity contribution is 0.601. The van der Waals surface area contributed by atoms with Crippen LogP contribution in [-0.2, 0) is 10.0 Å². The van der Waals surface area contributed by atoms with E-state index >= 15 is 0 Å². The van der Waals surface area contributed by atoms with Crippen LogP contribution in [0.15, 0.2) is 71.6 Å². The molecule has 3 aromatic rings. The van der Waals surface area contributed by atoms with Gasteiger partial charge in [0.25, 0.3) is 10.0 Å². The predicted molar refractivity (Wildman–Crippen MR) is 99.9 cm³/mol. The molecule has 0 fully saturated rings. The Labute approximate surface area is 143 Å². The van der Waals surface area contributed by atoms with Gasteiger partial charge in [0.2, 0.25) is 0 Å². The molecule has 3 nitrogen and oxygen atoms in total. The van der Waals surface area contributed by atoms with Gasteiger partial charge in [-0.15, -0.1) is 0 Å². The van der Waals surface area contributed by atoms with Gasteiger partial charge in [-0.2, -0.15) is 0 Å². The molecule has 0 radical (unpaired) electrons. The van der Waals surface area contributed by atoms with Gasteiger partial charge >= 0.3 is 0 Å². The molecule has 4 heteroatoms. The number of hydrogen-bond donors (Lipinski definition) is 1. The second kappa shape index (κ2) is 6.65. The molecule has 0 amide bonds. The molecule has 124 valence electrons. The first-order valence-electron chi connectivity index (χ1n) is 8.11. The summed E-state index contributed by atoms with van der Waals surface area (Å²) < 4.78 is 27.9. The molecule has 0 unspecified atom stereocenters. The SMILES string of the molecule is CC[C@H](C)c1ccc(NS(=O)(=O)c2ccc3ccccc3c2)cc1. The maximum atomic E-state index is 12.6. The minimum Gasteiger partial charge on any atom is -0.280 e. The fourth-order valence-electron chi connectivity index (χ4n) is 2.66. The molecule has 0 spiro atoms. The Bertz CT molecular complexity index is 947. The van der Waals surface area contributed by atoms with Crippen LogP contribution in [0.1, 0.15) is 31.7 Å². The molecular formula is C20H21NO2S. The Balaban J connectivity index is 1.87. The van der Waals surface area contributed by atoms with Crippen LogP contribution >= 0.6 is 0 Å². The van der Waals surface area contributed by atoms with E-state index in [0.29, 0.717) is 11.6 Å². The van der Waals surface area contributed by atoms with Crippen LogP contribution in [-0.4, -0.2) is 8.42 Å². The number of benzene rings is 3. The number of nitrogens with one attached hydrogen (secondary N) is 1. The molecular weight excluding hydrogens is 318 g/mol. The summed E-state index contributed by atoms with van der Waals surface area (Å²) in [7, 11) is -3.59. The lowest BCUT2D eigenvalue weighted by atomic mass is 9.99. The summed E-state index contributed by atoms with van der Waals surface area (Å²) in [5.41, 5.74) is 1.79. The summed E-state index contributed by atoms with van der Waals surface area (Å²) >= 11 is 0. The maximum Gasteiger partial charge on any atom is 0.261 e. The number of sulfonamides is 1. The molecule has 1 N–H and O–H groups in total. The van der Waals surface area contributed by atoms with Crippen LogP contribution in [0.5, 0.6) is 0 Å². The molecule has 0 aromatic heterocycles. The molecule has 1 atom stereocenters. The molecule has 24 heavy (non-hydrogen) atoms.